The zero-order valence-electron chi connectivity index (χ0n) is 6.58. The molecule has 0 aliphatic heterocycles. The molecule has 1 atom stereocenters. The van der Waals surface area contributed by atoms with Crippen LogP contribution in [-0.4, -0.2) is 19.8 Å². The van der Waals surface area contributed by atoms with E-state index in [1.54, 1.807) is 7.11 Å². The zero-order chi connectivity index (χ0) is 6.69. The maximum Gasteiger partial charge on any atom is 0.0632 e. The van der Waals surface area contributed by atoms with Crippen LogP contribution >= 0.6 is 24.8 Å². The summed E-state index contributed by atoms with van der Waals surface area (Å²) in [4.78, 5) is 0. The number of halogens is 2. The monoisotopic (exact) mass is 202 g/mol. The number of methoxy groups -OCH3 is 1. The molecule has 0 amide bonds. The molecule has 1 rings (SSSR count). The van der Waals surface area contributed by atoms with Gasteiger partial charge < -0.3 is 4.74 Å². The summed E-state index contributed by atoms with van der Waals surface area (Å²) in [6, 6.07) is 0.384. The Morgan fingerprint density at radius 3 is 2.36 bits per heavy atom. The molecule has 70 valence electrons. The average Bonchev–Trinajstić information content (AvgIpc) is 2.64. The van der Waals surface area contributed by atoms with Crippen LogP contribution in [0.15, 0.2) is 0 Å². The summed E-state index contributed by atoms with van der Waals surface area (Å²) >= 11 is 0. The first-order valence-electron chi connectivity index (χ1n) is 3.33. The Bertz CT molecular complexity index is 90.7. The van der Waals surface area contributed by atoms with Crippen LogP contribution in [0.2, 0.25) is 0 Å². The number of rotatable bonds is 4. The third-order valence-corrected chi connectivity index (χ3v) is 1.75. The molecular formula is C6H16Cl2N2O. The molecule has 0 spiro atoms. The van der Waals surface area contributed by atoms with Crippen LogP contribution in [-0.2, 0) is 4.74 Å². The molecule has 0 aromatic carbocycles. The zero-order valence-corrected chi connectivity index (χ0v) is 8.21. The van der Waals surface area contributed by atoms with Gasteiger partial charge in [0.25, 0.3) is 0 Å². The quantitative estimate of drug-likeness (QED) is 0.522. The second-order valence-electron chi connectivity index (χ2n) is 2.57. The number of nitrogens with one attached hydrogen (secondary N) is 1. The minimum absolute atomic E-state index is 0. The highest BCUT2D eigenvalue weighted by atomic mass is 35.5. The highest BCUT2D eigenvalue weighted by molar-refractivity contribution is 5.85. The average molecular weight is 203 g/mol. The predicted molar refractivity (Wildman–Crippen MR) is 50.2 cm³/mol. The van der Waals surface area contributed by atoms with E-state index in [2.05, 4.69) is 5.43 Å². The summed E-state index contributed by atoms with van der Waals surface area (Å²) in [6.45, 7) is 0.737. The minimum atomic E-state index is 0. The van der Waals surface area contributed by atoms with Crippen molar-refractivity contribution in [3.8, 4) is 0 Å². The predicted octanol–water partition coefficient (Wildman–Crippen LogP) is 0.718. The lowest BCUT2D eigenvalue weighted by Gasteiger charge is -2.12. The van der Waals surface area contributed by atoms with Crippen LogP contribution in [0.3, 0.4) is 0 Å². The van der Waals surface area contributed by atoms with E-state index < -0.39 is 0 Å². The number of ether oxygens (including phenoxy) is 1. The molecule has 0 aromatic heterocycles. The van der Waals surface area contributed by atoms with Crippen molar-refractivity contribution in [2.45, 2.75) is 18.9 Å². The van der Waals surface area contributed by atoms with Gasteiger partial charge in [0.2, 0.25) is 0 Å². The fraction of sp³-hybridized carbons (Fsp3) is 1.00. The number of hydrazine groups is 1. The normalized spacial score (nSPS) is 18.0. The van der Waals surface area contributed by atoms with Crippen LogP contribution in [0.4, 0.5) is 0 Å². The third kappa shape index (κ3) is 4.82. The summed E-state index contributed by atoms with van der Waals surface area (Å²) < 4.78 is 4.95. The molecule has 5 heteroatoms. The summed E-state index contributed by atoms with van der Waals surface area (Å²) in [7, 11) is 1.70. The lowest BCUT2D eigenvalue weighted by Crippen LogP contribution is -2.40. The molecule has 1 fully saturated rings. The minimum Gasteiger partial charge on any atom is -0.383 e. The van der Waals surface area contributed by atoms with Crippen molar-refractivity contribution in [2.24, 2.45) is 11.8 Å². The van der Waals surface area contributed by atoms with E-state index in [0.717, 1.165) is 12.5 Å². The molecule has 1 aliphatic rings. The molecule has 0 heterocycles. The lowest BCUT2D eigenvalue weighted by molar-refractivity contribution is 0.158. The van der Waals surface area contributed by atoms with Crippen LogP contribution in [0.5, 0.6) is 0 Å². The standard InChI is InChI=1S/C6H14N2O.2ClH/c1-9-4-6(8-7)5-2-3-5;;/h5-6,8H,2-4,7H2,1H3;2*1H. The van der Waals surface area contributed by atoms with Gasteiger partial charge in [-0.05, 0) is 18.8 Å². The van der Waals surface area contributed by atoms with Crippen molar-refractivity contribution in [3.05, 3.63) is 0 Å². The van der Waals surface area contributed by atoms with E-state index in [0.29, 0.717) is 6.04 Å². The van der Waals surface area contributed by atoms with Gasteiger partial charge >= 0.3 is 0 Å². The van der Waals surface area contributed by atoms with Gasteiger partial charge in [0.1, 0.15) is 0 Å². The van der Waals surface area contributed by atoms with E-state index in [9.17, 15) is 0 Å². The first-order chi connectivity index (χ1) is 4.38. The molecule has 0 radical (unpaired) electrons. The maximum absolute atomic E-state index is 5.27. The molecule has 0 saturated heterocycles. The van der Waals surface area contributed by atoms with E-state index >= 15 is 0 Å². The molecule has 3 N–H and O–H groups in total. The second kappa shape index (κ2) is 7.13. The van der Waals surface area contributed by atoms with Crippen molar-refractivity contribution in [1.82, 2.24) is 5.43 Å². The summed E-state index contributed by atoms with van der Waals surface area (Å²) in [5.41, 5.74) is 2.74. The van der Waals surface area contributed by atoms with Crippen molar-refractivity contribution in [3.63, 3.8) is 0 Å². The third-order valence-electron chi connectivity index (χ3n) is 1.75. The Kier molecular flexibility index (Phi) is 9.08. The highest BCUT2D eigenvalue weighted by Crippen LogP contribution is 2.32. The molecule has 11 heavy (non-hydrogen) atoms. The molecular weight excluding hydrogens is 187 g/mol. The second-order valence-corrected chi connectivity index (χ2v) is 2.57. The molecule has 0 bridgehead atoms. The molecule has 0 aromatic rings. The Hall–Kier alpha value is 0.460. The van der Waals surface area contributed by atoms with E-state index in [4.69, 9.17) is 10.6 Å². The summed E-state index contributed by atoms with van der Waals surface area (Å²) in [5, 5.41) is 0. The summed E-state index contributed by atoms with van der Waals surface area (Å²) in [6.07, 6.45) is 2.61. The maximum atomic E-state index is 5.27. The molecule has 1 aliphatic carbocycles. The van der Waals surface area contributed by atoms with E-state index in [1.807, 2.05) is 0 Å². The Morgan fingerprint density at radius 2 is 2.09 bits per heavy atom. The lowest BCUT2D eigenvalue weighted by atomic mass is 10.2. The Labute approximate surface area is 79.8 Å². The topological polar surface area (TPSA) is 47.3 Å². The van der Waals surface area contributed by atoms with Crippen molar-refractivity contribution in [1.29, 1.82) is 0 Å². The van der Waals surface area contributed by atoms with Crippen LogP contribution in [0.1, 0.15) is 12.8 Å². The van der Waals surface area contributed by atoms with Crippen molar-refractivity contribution < 1.29 is 4.74 Å². The van der Waals surface area contributed by atoms with Crippen molar-refractivity contribution in [2.75, 3.05) is 13.7 Å². The number of nitrogens with two attached hydrogens (primary N) is 1. The first-order valence-corrected chi connectivity index (χ1v) is 3.33. The van der Waals surface area contributed by atoms with Crippen LogP contribution in [0.25, 0.3) is 0 Å². The van der Waals surface area contributed by atoms with Gasteiger partial charge in [0.15, 0.2) is 0 Å². The van der Waals surface area contributed by atoms with Gasteiger partial charge in [-0.2, -0.15) is 0 Å². The largest absolute Gasteiger partial charge is 0.383 e. The highest BCUT2D eigenvalue weighted by Gasteiger charge is 2.29. The van der Waals surface area contributed by atoms with Gasteiger partial charge in [-0.15, -0.1) is 24.8 Å². The van der Waals surface area contributed by atoms with Gasteiger partial charge in [0.05, 0.1) is 6.61 Å². The number of hydrogen-bond acceptors (Lipinski definition) is 3. The molecule has 3 nitrogen and oxygen atoms in total. The first kappa shape index (κ1) is 14.0. The van der Waals surface area contributed by atoms with E-state index in [1.165, 1.54) is 12.8 Å². The van der Waals surface area contributed by atoms with Gasteiger partial charge in [-0.25, -0.2) is 0 Å². The summed E-state index contributed by atoms with van der Waals surface area (Å²) in [5.74, 6) is 6.04. The van der Waals surface area contributed by atoms with Crippen LogP contribution in [0, 0.1) is 5.92 Å². The van der Waals surface area contributed by atoms with E-state index in [-0.39, 0.29) is 24.8 Å². The fourth-order valence-corrected chi connectivity index (χ4v) is 0.998. The molecule has 1 unspecified atom stereocenters. The van der Waals surface area contributed by atoms with Crippen molar-refractivity contribution >= 4 is 24.8 Å². The van der Waals surface area contributed by atoms with Gasteiger partial charge in [-0.3, -0.25) is 11.3 Å². The van der Waals surface area contributed by atoms with Crippen LogP contribution < -0.4 is 11.3 Å². The Morgan fingerprint density at radius 1 is 1.55 bits per heavy atom. The van der Waals surface area contributed by atoms with Gasteiger partial charge in [0, 0.05) is 13.2 Å². The smallest absolute Gasteiger partial charge is 0.0632 e. The van der Waals surface area contributed by atoms with Gasteiger partial charge in [-0.1, -0.05) is 0 Å². The molecule has 1 saturated carbocycles. The SMILES string of the molecule is COCC(NN)C1CC1.Cl.Cl. The Balaban J connectivity index is 0. The fourth-order valence-electron chi connectivity index (χ4n) is 0.998. The number of hydrogen-bond donors (Lipinski definition) is 2.